The highest BCUT2D eigenvalue weighted by molar-refractivity contribution is 9.10. The Morgan fingerprint density at radius 3 is 2.52 bits per heavy atom. The van der Waals surface area contributed by atoms with Gasteiger partial charge in [0.2, 0.25) is 0 Å². The number of para-hydroxylation sites is 1. The minimum Gasteiger partial charge on any atom is -0.354 e. The lowest BCUT2D eigenvalue weighted by atomic mass is 10.1. The Labute approximate surface area is 155 Å². The molecule has 25 heavy (non-hydrogen) atoms. The van der Waals surface area contributed by atoms with Crippen molar-refractivity contribution in [1.82, 2.24) is 4.98 Å². The second kappa shape index (κ2) is 7.49. The van der Waals surface area contributed by atoms with Gasteiger partial charge in [0.1, 0.15) is 0 Å². The lowest BCUT2D eigenvalue weighted by Gasteiger charge is -2.10. The van der Waals surface area contributed by atoms with Crippen molar-refractivity contribution in [2.75, 3.05) is 10.6 Å². The summed E-state index contributed by atoms with van der Waals surface area (Å²) in [5.41, 5.74) is 5.40. The molecule has 0 aliphatic rings. The van der Waals surface area contributed by atoms with Gasteiger partial charge in [0.15, 0.2) is 0 Å². The van der Waals surface area contributed by atoms with E-state index >= 15 is 0 Å². The molecule has 2 aromatic carbocycles. The molecular weight excluding hydrogens is 378 g/mol. The predicted molar refractivity (Wildman–Crippen MR) is 106 cm³/mol. The zero-order valence-electron chi connectivity index (χ0n) is 14.0. The molecular formula is C20H18BrN3O. The molecule has 0 saturated heterocycles. The van der Waals surface area contributed by atoms with E-state index in [1.807, 2.05) is 30.3 Å². The average Bonchev–Trinajstić information content (AvgIpc) is 2.60. The summed E-state index contributed by atoms with van der Waals surface area (Å²) in [6.07, 6.45) is 3.25. The average molecular weight is 396 g/mol. The van der Waals surface area contributed by atoms with Gasteiger partial charge in [-0.15, -0.1) is 0 Å². The highest BCUT2D eigenvalue weighted by atomic mass is 79.9. The van der Waals surface area contributed by atoms with E-state index in [0.29, 0.717) is 5.56 Å². The second-order valence-electron chi connectivity index (χ2n) is 5.82. The Balaban J connectivity index is 1.77. The second-order valence-corrected chi connectivity index (χ2v) is 6.67. The lowest BCUT2D eigenvalue weighted by molar-refractivity contribution is 0.102. The highest BCUT2D eigenvalue weighted by Crippen LogP contribution is 2.23. The van der Waals surface area contributed by atoms with E-state index in [1.54, 1.807) is 18.5 Å². The number of rotatable bonds is 4. The molecule has 1 aromatic heterocycles. The van der Waals surface area contributed by atoms with Crippen molar-refractivity contribution >= 4 is 38.9 Å². The summed E-state index contributed by atoms with van der Waals surface area (Å²) < 4.78 is 0.834. The maximum absolute atomic E-state index is 12.5. The van der Waals surface area contributed by atoms with Gasteiger partial charge in [-0.1, -0.05) is 18.2 Å². The van der Waals surface area contributed by atoms with Gasteiger partial charge in [-0.05, 0) is 71.2 Å². The number of carbonyl (C=O) groups excluding carboxylic acids is 1. The first-order valence-electron chi connectivity index (χ1n) is 7.88. The highest BCUT2D eigenvalue weighted by Gasteiger charge is 2.09. The molecule has 5 heteroatoms. The number of halogens is 1. The number of hydrogen-bond acceptors (Lipinski definition) is 3. The first-order chi connectivity index (χ1) is 12.0. The van der Waals surface area contributed by atoms with Crippen LogP contribution >= 0.6 is 15.9 Å². The third-order valence-corrected chi connectivity index (χ3v) is 4.61. The summed E-state index contributed by atoms with van der Waals surface area (Å²) in [5, 5.41) is 6.17. The first kappa shape index (κ1) is 17.2. The van der Waals surface area contributed by atoms with E-state index in [1.165, 1.54) is 11.1 Å². The molecule has 3 rings (SSSR count). The van der Waals surface area contributed by atoms with Crippen LogP contribution in [0.4, 0.5) is 17.1 Å². The Morgan fingerprint density at radius 1 is 0.960 bits per heavy atom. The summed E-state index contributed by atoms with van der Waals surface area (Å²) in [6, 6.07) is 15.4. The van der Waals surface area contributed by atoms with Crippen molar-refractivity contribution in [3.63, 3.8) is 0 Å². The Kier molecular flexibility index (Phi) is 5.14. The number of nitrogens with zero attached hydrogens (tertiary/aromatic N) is 1. The number of aryl methyl sites for hydroxylation is 2. The Bertz CT molecular complexity index is 924. The maximum Gasteiger partial charge on any atom is 0.257 e. The van der Waals surface area contributed by atoms with Gasteiger partial charge in [-0.2, -0.15) is 0 Å². The molecule has 0 fully saturated rings. The fourth-order valence-corrected chi connectivity index (χ4v) is 2.76. The van der Waals surface area contributed by atoms with E-state index < -0.39 is 0 Å². The smallest absolute Gasteiger partial charge is 0.257 e. The number of aromatic nitrogens is 1. The van der Waals surface area contributed by atoms with Gasteiger partial charge in [-0.3, -0.25) is 9.78 Å². The molecule has 0 bridgehead atoms. The Hall–Kier alpha value is -2.66. The maximum atomic E-state index is 12.5. The van der Waals surface area contributed by atoms with Crippen molar-refractivity contribution in [2.45, 2.75) is 13.8 Å². The third kappa shape index (κ3) is 4.25. The van der Waals surface area contributed by atoms with Crippen LogP contribution in [0.1, 0.15) is 21.5 Å². The van der Waals surface area contributed by atoms with Gasteiger partial charge in [0.25, 0.3) is 5.91 Å². The standard InChI is InChI=1S/C20H18BrN3O/c1-13-7-8-16(9-14(13)2)23-17-10-15(11-22-12-17)20(25)24-19-6-4-3-5-18(19)21/h3-12,23H,1-2H3,(H,24,25). The van der Waals surface area contributed by atoms with Crippen LogP contribution in [0.25, 0.3) is 0 Å². The number of hydrogen-bond donors (Lipinski definition) is 2. The molecule has 0 spiro atoms. The number of amides is 1. The van der Waals surface area contributed by atoms with Crippen LogP contribution in [0.2, 0.25) is 0 Å². The van der Waals surface area contributed by atoms with E-state index in [9.17, 15) is 4.79 Å². The van der Waals surface area contributed by atoms with Crippen molar-refractivity contribution in [1.29, 1.82) is 0 Å². The number of benzene rings is 2. The number of pyridine rings is 1. The summed E-state index contributed by atoms with van der Waals surface area (Å²) in [6.45, 7) is 4.15. The molecule has 3 aromatic rings. The van der Waals surface area contributed by atoms with Crippen LogP contribution in [0.5, 0.6) is 0 Å². The molecule has 126 valence electrons. The van der Waals surface area contributed by atoms with Gasteiger partial charge in [0.05, 0.1) is 23.1 Å². The fourth-order valence-electron chi connectivity index (χ4n) is 2.38. The van der Waals surface area contributed by atoms with Crippen LogP contribution < -0.4 is 10.6 Å². The third-order valence-electron chi connectivity index (χ3n) is 3.92. The molecule has 0 radical (unpaired) electrons. The largest absolute Gasteiger partial charge is 0.354 e. The van der Waals surface area contributed by atoms with Crippen LogP contribution in [0.3, 0.4) is 0 Å². The van der Waals surface area contributed by atoms with Crippen molar-refractivity contribution in [2.24, 2.45) is 0 Å². The van der Waals surface area contributed by atoms with Gasteiger partial charge in [0, 0.05) is 16.4 Å². The molecule has 0 atom stereocenters. The van der Waals surface area contributed by atoms with Crippen LogP contribution in [-0.2, 0) is 0 Å². The van der Waals surface area contributed by atoms with Gasteiger partial charge in [-0.25, -0.2) is 0 Å². The van der Waals surface area contributed by atoms with Crippen molar-refractivity contribution in [3.8, 4) is 0 Å². The van der Waals surface area contributed by atoms with E-state index in [0.717, 1.165) is 21.5 Å². The lowest BCUT2D eigenvalue weighted by Crippen LogP contribution is -2.12. The fraction of sp³-hybridized carbons (Fsp3) is 0.100. The van der Waals surface area contributed by atoms with E-state index in [2.05, 4.69) is 57.5 Å². The van der Waals surface area contributed by atoms with Gasteiger partial charge >= 0.3 is 0 Å². The van der Waals surface area contributed by atoms with Crippen LogP contribution in [0.15, 0.2) is 65.4 Å². The summed E-state index contributed by atoms with van der Waals surface area (Å²) in [5.74, 6) is -0.205. The molecule has 0 unspecified atom stereocenters. The SMILES string of the molecule is Cc1ccc(Nc2cncc(C(=O)Nc3ccccc3Br)c2)cc1C. The molecule has 4 nitrogen and oxygen atoms in total. The predicted octanol–water partition coefficient (Wildman–Crippen LogP) is 5.46. The minimum atomic E-state index is -0.205. The number of carbonyl (C=O) groups is 1. The number of nitrogens with one attached hydrogen (secondary N) is 2. The van der Waals surface area contributed by atoms with Gasteiger partial charge < -0.3 is 10.6 Å². The summed E-state index contributed by atoms with van der Waals surface area (Å²) >= 11 is 3.43. The molecule has 0 aliphatic heterocycles. The first-order valence-corrected chi connectivity index (χ1v) is 8.67. The molecule has 2 N–H and O–H groups in total. The van der Waals surface area contributed by atoms with Crippen molar-refractivity contribution in [3.05, 3.63) is 82.1 Å². The number of anilines is 3. The topological polar surface area (TPSA) is 54.0 Å². The zero-order valence-corrected chi connectivity index (χ0v) is 15.6. The monoisotopic (exact) mass is 395 g/mol. The summed E-state index contributed by atoms with van der Waals surface area (Å²) in [4.78, 5) is 16.6. The van der Waals surface area contributed by atoms with Crippen LogP contribution in [0, 0.1) is 13.8 Å². The summed E-state index contributed by atoms with van der Waals surface area (Å²) in [7, 11) is 0. The molecule has 0 saturated carbocycles. The Morgan fingerprint density at radius 2 is 1.76 bits per heavy atom. The quantitative estimate of drug-likeness (QED) is 0.616. The minimum absolute atomic E-state index is 0.205. The molecule has 0 aliphatic carbocycles. The van der Waals surface area contributed by atoms with E-state index in [-0.39, 0.29) is 5.91 Å². The zero-order chi connectivity index (χ0) is 17.8. The van der Waals surface area contributed by atoms with Crippen molar-refractivity contribution < 1.29 is 4.79 Å². The van der Waals surface area contributed by atoms with Crippen LogP contribution in [-0.4, -0.2) is 10.9 Å². The normalized spacial score (nSPS) is 10.4. The van der Waals surface area contributed by atoms with E-state index in [4.69, 9.17) is 0 Å². The molecule has 1 heterocycles. The molecule has 1 amide bonds.